The molecule has 1 fully saturated rings. The Morgan fingerprint density at radius 1 is 1.00 bits per heavy atom. The van der Waals surface area contributed by atoms with Crippen LogP contribution in [-0.2, 0) is 11.2 Å². The van der Waals surface area contributed by atoms with Gasteiger partial charge in [-0.3, -0.25) is 4.79 Å². The van der Waals surface area contributed by atoms with E-state index in [1.807, 2.05) is 12.1 Å². The minimum absolute atomic E-state index is 0.135. The summed E-state index contributed by atoms with van der Waals surface area (Å²) in [6.07, 6.45) is 18.4. The number of carbonyl (C=O) groups is 1. The monoisotopic (exact) mass is 409 g/mol. The number of nitrogens with one attached hydrogen (secondary N) is 2. The predicted molar refractivity (Wildman–Crippen MR) is 125 cm³/mol. The van der Waals surface area contributed by atoms with Gasteiger partial charge in [0.2, 0.25) is 0 Å². The molecule has 0 unspecified atom stereocenters. The van der Waals surface area contributed by atoms with Gasteiger partial charge in [-0.25, -0.2) is 0 Å². The van der Waals surface area contributed by atoms with Crippen LogP contribution in [0.3, 0.4) is 0 Å². The van der Waals surface area contributed by atoms with Crippen LogP contribution in [-0.4, -0.2) is 11.9 Å². The van der Waals surface area contributed by atoms with E-state index in [4.69, 9.17) is 0 Å². The molecule has 1 aliphatic carbocycles. The summed E-state index contributed by atoms with van der Waals surface area (Å²) < 4.78 is 0. The van der Waals surface area contributed by atoms with Crippen LogP contribution >= 0.6 is 0 Å². The van der Waals surface area contributed by atoms with Gasteiger partial charge in [-0.1, -0.05) is 83.3 Å². The second-order valence-corrected chi connectivity index (χ2v) is 8.54. The van der Waals surface area contributed by atoms with Crippen molar-refractivity contribution in [1.29, 1.82) is 5.26 Å². The lowest BCUT2D eigenvalue weighted by atomic mass is 9.98. The van der Waals surface area contributed by atoms with Crippen molar-refractivity contribution in [2.75, 3.05) is 5.32 Å². The zero-order chi connectivity index (χ0) is 21.4. The summed E-state index contributed by atoms with van der Waals surface area (Å²) in [5.74, 6) is -0.262. The van der Waals surface area contributed by atoms with Gasteiger partial charge in [0.05, 0.1) is 0 Å². The Kier molecular flexibility index (Phi) is 11.7. The van der Waals surface area contributed by atoms with Crippen LogP contribution in [0.15, 0.2) is 36.0 Å². The highest BCUT2D eigenvalue weighted by molar-refractivity contribution is 5.97. The lowest BCUT2D eigenvalue weighted by Crippen LogP contribution is -2.35. The molecule has 0 saturated heterocycles. The third kappa shape index (κ3) is 9.48. The Balaban J connectivity index is 1.88. The number of nitrogens with zero attached hydrogens (tertiary/aromatic N) is 1. The molecule has 1 aromatic rings. The van der Waals surface area contributed by atoms with Crippen LogP contribution in [0.1, 0.15) is 96.0 Å². The summed E-state index contributed by atoms with van der Waals surface area (Å²) in [6, 6.07) is 10.4. The number of amides is 1. The van der Waals surface area contributed by atoms with Crippen LogP contribution in [0, 0.1) is 11.3 Å². The summed E-state index contributed by atoms with van der Waals surface area (Å²) in [5, 5.41) is 15.7. The molecule has 1 amide bonds. The maximum Gasteiger partial charge on any atom is 0.263 e. The van der Waals surface area contributed by atoms with E-state index in [1.165, 1.54) is 69.6 Å². The van der Waals surface area contributed by atoms with Crippen molar-refractivity contribution in [1.82, 2.24) is 5.32 Å². The zero-order valence-corrected chi connectivity index (χ0v) is 18.7. The maximum atomic E-state index is 12.7. The summed E-state index contributed by atoms with van der Waals surface area (Å²) >= 11 is 0. The topological polar surface area (TPSA) is 64.9 Å². The van der Waals surface area contributed by atoms with Crippen molar-refractivity contribution in [3.05, 3.63) is 41.6 Å². The molecule has 4 heteroatoms. The van der Waals surface area contributed by atoms with Gasteiger partial charge < -0.3 is 10.6 Å². The van der Waals surface area contributed by atoms with E-state index in [-0.39, 0.29) is 17.5 Å². The maximum absolute atomic E-state index is 12.7. The molecule has 2 rings (SSSR count). The Hall–Kier alpha value is -2.28. The average Bonchev–Trinajstić information content (AvgIpc) is 2.75. The molecule has 0 aliphatic heterocycles. The highest BCUT2D eigenvalue weighted by Gasteiger charge is 2.16. The molecule has 0 spiro atoms. The Bertz CT molecular complexity index is 675. The van der Waals surface area contributed by atoms with Crippen molar-refractivity contribution in [2.24, 2.45) is 0 Å². The number of hydrogen-bond donors (Lipinski definition) is 2. The molecule has 2 N–H and O–H groups in total. The molecule has 1 saturated carbocycles. The number of carbonyl (C=O) groups excluding carboxylic acids is 1. The standard InChI is InChI=1S/C26H39N3O/c1-2-3-13-22-16-18-24(19-17-22)28-21-23(20-27)26(30)29-25-14-11-9-7-5-4-6-8-10-12-15-25/h16-19,21,25,28H,2-15H2,1H3,(H,29,30)/b23-21-. The van der Waals surface area contributed by atoms with Crippen molar-refractivity contribution < 1.29 is 4.79 Å². The summed E-state index contributed by atoms with van der Waals surface area (Å²) in [4.78, 5) is 12.7. The highest BCUT2D eigenvalue weighted by atomic mass is 16.1. The summed E-state index contributed by atoms with van der Waals surface area (Å²) in [6.45, 7) is 2.19. The SMILES string of the molecule is CCCCc1ccc(N/C=C(/C#N)C(=O)NC2CCCCCCCCCCC2)cc1. The molecule has 0 aromatic heterocycles. The fourth-order valence-corrected chi connectivity index (χ4v) is 4.02. The molecule has 4 nitrogen and oxygen atoms in total. The molecule has 0 atom stereocenters. The smallest absolute Gasteiger partial charge is 0.263 e. The summed E-state index contributed by atoms with van der Waals surface area (Å²) in [7, 11) is 0. The van der Waals surface area contributed by atoms with Crippen LogP contribution in [0.4, 0.5) is 5.69 Å². The zero-order valence-electron chi connectivity index (χ0n) is 18.7. The first kappa shape index (κ1) is 24.0. The van der Waals surface area contributed by atoms with Crippen molar-refractivity contribution in [3.8, 4) is 6.07 Å². The number of nitriles is 1. The molecule has 0 radical (unpaired) electrons. The van der Waals surface area contributed by atoms with Crippen molar-refractivity contribution in [2.45, 2.75) is 103 Å². The third-order valence-corrected chi connectivity index (χ3v) is 5.96. The minimum atomic E-state index is -0.262. The first-order valence-corrected chi connectivity index (χ1v) is 12.0. The first-order valence-electron chi connectivity index (χ1n) is 12.0. The van der Waals surface area contributed by atoms with Crippen LogP contribution < -0.4 is 10.6 Å². The van der Waals surface area contributed by atoms with E-state index < -0.39 is 0 Å². The molecule has 0 bridgehead atoms. The largest absolute Gasteiger partial charge is 0.360 e. The quantitative estimate of drug-likeness (QED) is 0.392. The Morgan fingerprint density at radius 3 is 2.10 bits per heavy atom. The second kappa shape index (κ2) is 14.7. The minimum Gasteiger partial charge on any atom is -0.360 e. The van der Waals surface area contributed by atoms with Crippen LogP contribution in [0.5, 0.6) is 0 Å². The summed E-state index contributed by atoms with van der Waals surface area (Å²) in [5.41, 5.74) is 2.34. The van der Waals surface area contributed by atoms with Gasteiger partial charge in [0.25, 0.3) is 5.91 Å². The van der Waals surface area contributed by atoms with E-state index in [0.29, 0.717) is 0 Å². The lowest BCUT2D eigenvalue weighted by Gasteiger charge is -2.19. The van der Waals surface area contributed by atoms with E-state index in [1.54, 1.807) is 0 Å². The van der Waals surface area contributed by atoms with Crippen LogP contribution in [0.2, 0.25) is 0 Å². The van der Waals surface area contributed by atoms with Gasteiger partial charge in [-0.2, -0.15) is 5.26 Å². The molecule has 30 heavy (non-hydrogen) atoms. The number of aryl methyl sites for hydroxylation is 1. The number of benzene rings is 1. The average molecular weight is 410 g/mol. The molecule has 164 valence electrons. The van der Waals surface area contributed by atoms with Gasteiger partial charge in [-0.05, 0) is 43.4 Å². The van der Waals surface area contributed by atoms with Gasteiger partial charge in [0.15, 0.2) is 0 Å². The molecule has 1 aliphatic rings. The molecule has 0 heterocycles. The lowest BCUT2D eigenvalue weighted by molar-refractivity contribution is -0.117. The fourth-order valence-electron chi connectivity index (χ4n) is 4.02. The van der Waals surface area contributed by atoms with Gasteiger partial charge in [-0.15, -0.1) is 0 Å². The molecular weight excluding hydrogens is 370 g/mol. The van der Waals surface area contributed by atoms with E-state index in [0.717, 1.165) is 37.8 Å². The van der Waals surface area contributed by atoms with Crippen LogP contribution in [0.25, 0.3) is 0 Å². The van der Waals surface area contributed by atoms with E-state index in [2.05, 4.69) is 35.8 Å². The highest BCUT2D eigenvalue weighted by Crippen LogP contribution is 2.17. The number of unbranched alkanes of at least 4 members (excludes halogenated alkanes) is 1. The van der Waals surface area contributed by atoms with Crippen molar-refractivity contribution >= 4 is 11.6 Å². The fraction of sp³-hybridized carbons (Fsp3) is 0.615. The normalized spacial score (nSPS) is 17.3. The molecule has 1 aromatic carbocycles. The Labute approximate surface area is 183 Å². The van der Waals surface area contributed by atoms with Crippen molar-refractivity contribution in [3.63, 3.8) is 0 Å². The van der Waals surface area contributed by atoms with E-state index >= 15 is 0 Å². The first-order chi connectivity index (χ1) is 14.7. The number of rotatable bonds is 7. The second-order valence-electron chi connectivity index (χ2n) is 8.54. The van der Waals surface area contributed by atoms with Gasteiger partial charge in [0, 0.05) is 17.9 Å². The number of hydrogen-bond acceptors (Lipinski definition) is 3. The predicted octanol–water partition coefficient (Wildman–Crippen LogP) is 6.64. The Morgan fingerprint density at radius 2 is 1.57 bits per heavy atom. The third-order valence-electron chi connectivity index (χ3n) is 5.96. The number of anilines is 1. The van der Waals surface area contributed by atoms with Gasteiger partial charge >= 0.3 is 0 Å². The molecular formula is C26H39N3O. The van der Waals surface area contributed by atoms with Gasteiger partial charge in [0.1, 0.15) is 11.6 Å². The van der Waals surface area contributed by atoms with E-state index in [9.17, 15) is 10.1 Å².